The lowest BCUT2D eigenvalue weighted by Crippen LogP contribution is -2.30. The summed E-state index contributed by atoms with van der Waals surface area (Å²) in [6, 6.07) is 20.9. The number of fused-ring (bicyclic) bond motifs is 1. The van der Waals surface area contributed by atoms with Crippen LogP contribution in [0.1, 0.15) is 20.7 Å². The molecule has 3 aromatic carbocycles. The standard InChI is InChI=1S/C27H15NO2/c1-2-18(15-28)21-13-22-23(14-21)27(20-11-7-4-8-12-20)25(17-30)24(16-29)26(22)19-9-5-3-6-10-19/h1,3-14,16-17H. The van der Waals surface area contributed by atoms with Gasteiger partial charge in [-0.3, -0.25) is 9.59 Å². The zero-order valence-electron chi connectivity index (χ0n) is 15.9. The summed E-state index contributed by atoms with van der Waals surface area (Å²) in [5, 5.41) is 11.0. The van der Waals surface area contributed by atoms with Crippen LogP contribution >= 0.6 is 0 Å². The fourth-order valence-corrected chi connectivity index (χ4v) is 3.88. The van der Waals surface area contributed by atoms with Crippen LogP contribution in [0.2, 0.25) is 0 Å². The first-order valence-corrected chi connectivity index (χ1v) is 9.29. The number of allylic oxidation sites excluding steroid dienone is 2. The van der Waals surface area contributed by atoms with Gasteiger partial charge in [0.05, 0.1) is 0 Å². The number of benzene rings is 3. The molecular weight excluding hydrogens is 370 g/mol. The Morgan fingerprint density at radius 1 is 0.767 bits per heavy atom. The van der Waals surface area contributed by atoms with Gasteiger partial charge in [0.15, 0.2) is 12.6 Å². The molecule has 0 heterocycles. The molecule has 0 saturated heterocycles. The lowest BCUT2D eigenvalue weighted by atomic mass is 9.87. The van der Waals surface area contributed by atoms with E-state index in [2.05, 4.69) is 5.92 Å². The Hall–Kier alpha value is -4.47. The van der Waals surface area contributed by atoms with Gasteiger partial charge in [0.1, 0.15) is 11.6 Å². The van der Waals surface area contributed by atoms with Crippen LogP contribution in [0.15, 0.2) is 71.8 Å². The first kappa shape index (κ1) is 18.9. The van der Waals surface area contributed by atoms with Gasteiger partial charge in [0, 0.05) is 27.8 Å². The predicted octanol–water partition coefficient (Wildman–Crippen LogP) is 3.67. The highest BCUT2D eigenvalue weighted by Gasteiger charge is 2.22. The monoisotopic (exact) mass is 385 g/mol. The third-order valence-corrected chi connectivity index (χ3v) is 5.16. The smallest absolute Gasteiger partial charge is 0.151 e. The minimum absolute atomic E-state index is 0.199. The number of aldehydes is 2. The van der Waals surface area contributed by atoms with Crippen LogP contribution in [-0.2, 0) is 0 Å². The minimum Gasteiger partial charge on any atom is -0.298 e. The van der Waals surface area contributed by atoms with Crippen molar-refractivity contribution >= 4 is 24.7 Å². The number of nitriles is 1. The molecular formula is C27H15NO2. The molecule has 1 aliphatic rings. The molecule has 0 aromatic heterocycles. The molecule has 0 unspecified atom stereocenters. The second-order valence-electron chi connectivity index (χ2n) is 6.75. The van der Waals surface area contributed by atoms with E-state index in [1.54, 1.807) is 0 Å². The summed E-state index contributed by atoms with van der Waals surface area (Å²) in [7, 11) is 0. The average Bonchev–Trinajstić information content (AvgIpc) is 3.23. The Bertz CT molecular complexity index is 1310. The van der Waals surface area contributed by atoms with Crippen LogP contribution < -0.4 is 10.4 Å². The van der Waals surface area contributed by atoms with Crippen molar-refractivity contribution in [1.29, 1.82) is 5.26 Å². The zero-order chi connectivity index (χ0) is 21.1. The summed E-state index contributed by atoms with van der Waals surface area (Å²) in [4.78, 5) is 24.4. The lowest BCUT2D eigenvalue weighted by Gasteiger charge is -2.14. The molecule has 0 atom stereocenters. The highest BCUT2D eigenvalue weighted by molar-refractivity contribution is 6.04. The van der Waals surface area contributed by atoms with Gasteiger partial charge in [0.2, 0.25) is 0 Å². The number of carbonyl (C=O) groups excluding carboxylic acids is 2. The van der Waals surface area contributed by atoms with Crippen molar-refractivity contribution in [2.24, 2.45) is 0 Å². The van der Waals surface area contributed by atoms with Gasteiger partial charge < -0.3 is 0 Å². The van der Waals surface area contributed by atoms with Crippen molar-refractivity contribution in [3.8, 4) is 40.7 Å². The molecule has 0 bridgehead atoms. The molecule has 3 nitrogen and oxygen atoms in total. The maximum atomic E-state index is 12.2. The third kappa shape index (κ3) is 2.96. The molecule has 0 N–H and O–H groups in total. The van der Waals surface area contributed by atoms with E-state index in [4.69, 9.17) is 6.42 Å². The van der Waals surface area contributed by atoms with Gasteiger partial charge >= 0.3 is 0 Å². The van der Waals surface area contributed by atoms with Gasteiger partial charge in [-0.1, -0.05) is 66.6 Å². The van der Waals surface area contributed by atoms with E-state index in [1.165, 1.54) is 0 Å². The first-order chi connectivity index (χ1) is 14.7. The predicted molar refractivity (Wildman–Crippen MR) is 118 cm³/mol. The topological polar surface area (TPSA) is 57.9 Å². The normalized spacial score (nSPS) is 11.3. The fraction of sp³-hybridized carbons (Fsp3) is 0. The van der Waals surface area contributed by atoms with Crippen molar-refractivity contribution in [2.45, 2.75) is 0 Å². The molecule has 3 heteroatoms. The SMILES string of the molecule is C#CC(C#N)=C1C=c2c(-c3ccccc3)c(C=O)c(C=O)c(-c3ccccc3)c2=C1. The Kier molecular flexibility index (Phi) is 4.95. The quantitative estimate of drug-likeness (QED) is 0.391. The van der Waals surface area contributed by atoms with Crippen molar-refractivity contribution in [3.05, 3.63) is 93.4 Å². The van der Waals surface area contributed by atoms with E-state index >= 15 is 0 Å². The molecule has 0 saturated carbocycles. The van der Waals surface area contributed by atoms with E-state index in [-0.39, 0.29) is 5.57 Å². The molecule has 0 fully saturated rings. The summed E-state index contributed by atoms with van der Waals surface area (Å²) < 4.78 is 0. The van der Waals surface area contributed by atoms with Crippen LogP contribution in [0.4, 0.5) is 0 Å². The molecule has 0 aliphatic heterocycles. The van der Waals surface area contributed by atoms with E-state index in [9.17, 15) is 14.9 Å². The van der Waals surface area contributed by atoms with Gasteiger partial charge in [-0.2, -0.15) is 5.26 Å². The molecule has 0 spiro atoms. The van der Waals surface area contributed by atoms with Crippen molar-refractivity contribution < 1.29 is 9.59 Å². The Morgan fingerprint density at radius 3 is 1.53 bits per heavy atom. The van der Waals surface area contributed by atoms with E-state index in [0.29, 0.717) is 27.8 Å². The Balaban J connectivity index is 2.28. The molecule has 0 amide bonds. The maximum absolute atomic E-state index is 12.2. The highest BCUT2D eigenvalue weighted by Crippen LogP contribution is 2.28. The average molecular weight is 385 g/mol. The van der Waals surface area contributed by atoms with Gasteiger partial charge in [-0.05, 0) is 33.7 Å². The van der Waals surface area contributed by atoms with Crippen LogP contribution in [-0.4, -0.2) is 12.6 Å². The van der Waals surface area contributed by atoms with Crippen molar-refractivity contribution in [3.63, 3.8) is 0 Å². The van der Waals surface area contributed by atoms with Crippen LogP contribution in [0.5, 0.6) is 0 Å². The maximum Gasteiger partial charge on any atom is 0.151 e. The summed E-state index contributed by atoms with van der Waals surface area (Å²) in [5.74, 6) is 2.42. The Labute approximate surface area is 173 Å². The van der Waals surface area contributed by atoms with Crippen molar-refractivity contribution in [2.75, 3.05) is 0 Å². The summed E-state index contributed by atoms with van der Waals surface area (Å²) in [5.41, 5.74) is 4.35. The van der Waals surface area contributed by atoms with E-state index < -0.39 is 0 Å². The highest BCUT2D eigenvalue weighted by atomic mass is 16.1. The molecule has 140 valence electrons. The second-order valence-corrected chi connectivity index (χ2v) is 6.75. The molecule has 0 radical (unpaired) electrons. The zero-order valence-corrected chi connectivity index (χ0v) is 15.9. The number of rotatable bonds is 4. The number of hydrogen-bond acceptors (Lipinski definition) is 3. The van der Waals surface area contributed by atoms with Crippen LogP contribution in [0.3, 0.4) is 0 Å². The van der Waals surface area contributed by atoms with E-state index in [0.717, 1.165) is 34.1 Å². The summed E-state index contributed by atoms with van der Waals surface area (Å²) in [6.07, 6.45) is 10.6. The molecule has 30 heavy (non-hydrogen) atoms. The van der Waals surface area contributed by atoms with Crippen LogP contribution in [0, 0.1) is 23.7 Å². The van der Waals surface area contributed by atoms with Gasteiger partial charge in [0.25, 0.3) is 0 Å². The molecule has 3 aromatic rings. The number of hydrogen-bond donors (Lipinski definition) is 0. The second kappa shape index (κ2) is 7.87. The summed E-state index contributed by atoms with van der Waals surface area (Å²) in [6.45, 7) is 0. The van der Waals surface area contributed by atoms with Gasteiger partial charge in [-0.15, -0.1) is 6.42 Å². The Morgan fingerprint density at radius 2 is 1.20 bits per heavy atom. The number of nitrogens with zero attached hydrogens (tertiary/aromatic N) is 1. The van der Waals surface area contributed by atoms with Crippen LogP contribution in [0.25, 0.3) is 34.4 Å². The molecule has 1 aliphatic carbocycles. The third-order valence-electron chi connectivity index (χ3n) is 5.16. The van der Waals surface area contributed by atoms with E-state index in [1.807, 2.05) is 78.9 Å². The largest absolute Gasteiger partial charge is 0.298 e. The fourth-order valence-electron chi connectivity index (χ4n) is 3.88. The number of carbonyl (C=O) groups is 2. The van der Waals surface area contributed by atoms with Gasteiger partial charge in [-0.25, -0.2) is 0 Å². The first-order valence-electron chi connectivity index (χ1n) is 9.29. The number of terminal acetylenes is 1. The molecule has 4 rings (SSSR count). The summed E-state index contributed by atoms with van der Waals surface area (Å²) >= 11 is 0. The minimum atomic E-state index is 0.199. The van der Waals surface area contributed by atoms with Crippen molar-refractivity contribution in [1.82, 2.24) is 0 Å². The lowest BCUT2D eigenvalue weighted by molar-refractivity contribution is 0.109.